The molecule has 7 heteroatoms. The van der Waals surface area contributed by atoms with Crippen LogP contribution in [-0.2, 0) is 10.1 Å². The van der Waals surface area contributed by atoms with Crippen molar-refractivity contribution >= 4 is 15.9 Å². The molecule has 0 fully saturated rings. The normalized spacial score (nSPS) is 17.8. The Morgan fingerprint density at radius 1 is 1.15 bits per heavy atom. The number of carbonyl (C=O) groups is 1. The van der Waals surface area contributed by atoms with E-state index in [1.807, 2.05) is 43.3 Å². The molecule has 0 saturated heterocycles. The fraction of sp³-hybridized carbons (Fsp3) is 0.200. The molecule has 0 amide bonds. The SMILES string of the molecule is CC(=O)c1cccc(C2CS(=O)(=O)Oc3c2c(C)nn3-c2ccccc2)c1. The maximum absolute atomic E-state index is 12.5. The number of Topliss-reactive ketones (excluding diaryl/α,β-unsaturated/α-hetero) is 1. The Bertz CT molecular complexity index is 1130. The minimum absolute atomic E-state index is 0.0660. The molecule has 0 saturated carbocycles. The number of hydrogen-bond acceptors (Lipinski definition) is 5. The summed E-state index contributed by atoms with van der Waals surface area (Å²) in [5.74, 6) is -0.495. The molecule has 0 N–H and O–H groups in total. The first-order valence-corrected chi connectivity index (χ1v) is 10.1. The van der Waals surface area contributed by atoms with Crippen LogP contribution in [-0.4, -0.2) is 29.7 Å². The Hall–Kier alpha value is -2.93. The summed E-state index contributed by atoms with van der Waals surface area (Å²) in [7, 11) is -3.79. The number of carbonyl (C=O) groups excluding carboxylic acids is 1. The van der Waals surface area contributed by atoms with Gasteiger partial charge in [-0.2, -0.15) is 18.2 Å². The van der Waals surface area contributed by atoms with Crippen LogP contribution in [0.2, 0.25) is 0 Å². The molecule has 1 unspecified atom stereocenters. The Morgan fingerprint density at radius 2 is 1.89 bits per heavy atom. The standard InChI is InChI=1S/C20H18N2O4S/c1-13-19-18(16-8-6-7-15(11-16)14(2)23)12-27(24,25)26-20(19)22(21-13)17-9-4-3-5-10-17/h3-11,18H,12H2,1-2H3. The van der Waals surface area contributed by atoms with Gasteiger partial charge in [0.05, 0.1) is 17.1 Å². The Kier molecular flexibility index (Phi) is 4.11. The first-order valence-electron chi connectivity index (χ1n) is 8.54. The molecule has 4 rings (SSSR count). The van der Waals surface area contributed by atoms with Crippen LogP contribution < -0.4 is 4.18 Å². The smallest absolute Gasteiger partial charge is 0.311 e. The van der Waals surface area contributed by atoms with Gasteiger partial charge in [0.2, 0.25) is 5.88 Å². The van der Waals surface area contributed by atoms with Gasteiger partial charge in [-0.3, -0.25) is 4.79 Å². The van der Waals surface area contributed by atoms with E-state index < -0.39 is 16.0 Å². The van der Waals surface area contributed by atoms with Gasteiger partial charge in [0.1, 0.15) is 0 Å². The van der Waals surface area contributed by atoms with E-state index in [2.05, 4.69) is 5.10 Å². The van der Waals surface area contributed by atoms with E-state index in [1.165, 1.54) is 11.6 Å². The second-order valence-electron chi connectivity index (χ2n) is 6.59. The van der Waals surface area contributed by atoms with Crippen LogP contribution in [0.25, 0.3) is 5.69 Å². The molecule has 138 valence electrons. The lowest BCUT2D eigenvalue weighted by Gasteiger charge is -2.24. The van der Waals surface area contributed by atoms with Gasteiger partial charge in [0.25, 0.3) is 0 Å². The molecule has 27 heavy (non-hydrogen) atoms. The highest BCUT2D eigenvalue weighted by atomic mass is 32.2. The van der Waals surface area contributed by atoms with Crippen molar-refractivity contribution in [2.45, 2.75) is 19.8 Å². The van der Waals surface area contributed by atoms with E-state index in [0.29, 0.717) is 11.3 Å². The van der Waals surface area contributed by atoms with Crippen LogP contribution in [0, 0.1) is 6.92 Å². The zero-order chi connectivity index (χ0) is 19.2. The molecular weight excluding hydrogens is 364 g/mol. The van der Waals surface area contributed by atoms with Crippen molar-refractivity contribution in [2.24, 2.45) is 0 Å². The Morgan fingerprint density at radius 3 is 2.59 bits per heavy atom. The van der Waals surface area contributed by atoms with E-state index in [1.54, 1.807) is 18.2 Å². The lowest BCUT2D eigenvalue weighted by Crippen LogP contribution is -2.27. The average molecular weight is 382 g/mol. The number of benzene rings is 2. The zero-order valence-electron chi connectivity index (χ0n) is 14.9. The molecule has 1 aromatic heterocycles. The van der Waals surface area contributed by atoms with Gasteiger partial charge in [-0.15, -0.1) is 0 Å². The van der Waals surface area contributed by atoms with Gasteiger partial charge >= 0.3 is 10.1 Å². The molecule has 0 radical (unpaired) electrons. The van der Waals surface area contributed by atoms with Crippen LogP contribution in [0.3, 0.4) is 0 Å². The monoisotopic (exact) mass is 382 g/mol. The van der Waals surface area contributed by atoms with Gasteiger partial charge in [0, 0.05) is 17.0 Å². The summed E-state index contributed by atoms with van der Waals surface area (Å²) in [5, 5.41) is 4.52. The summed E-state index contributed by atoms with van der Waals surface area (Å²) in [6.45, 7) is 3.32. The summed E-state index contributed by atoms with van der Waals surface area (Å²) < 4.78 is 31.8. The molecule has 0 spiro atoms. The first-order chi connectivity index (χ1) is 12.9. The summed E-state index contributed by atoms with van der Waals surface area (Å²) in [5.41, 5.74) is 3.45. The third-order valence-corrected chi connectivity index (χ3v) is 5.84. The van der Waals surface area contributed by atoms with Crippen molar-refractivity contribution in [3.8, 4) is 11.6 Å². The van der Waals surface area contributed by atoms with Crippen LogP contribution in [0.5, 0.6) is 5.88 Å². The van der Waals surface area contributed by atoms with E-state index in [0.717, 1.165) is 16.8 Å². The van der Waals surface area contributed by atoms with E-state index in [4.69, 9.17) is 4.18 Å². The summed E-state index contributed by atoms with van der Waals surface area (Å²) >= 11 is 0. The minimum atomic E-state index is -3.79. The third-order valence-electron chi connectivity index (χ3n) is 4.68. The molecule has 3 aromatic rings. The number of ketones is 1. The highest BCUT2D eigenvalue weighted by Crippen LogP contribution is 2.41. The predicted octanol–water partition coefficient (Wildman–Crippen LogP) is 3.24. The fourth-order valence-electron chi connectivity index (χ4n) is 3.42. The van der Waals surface area contributed by atoms with Crippen LogP contribution in [0.15, 0.2) is 54.6 Å². The van der Waals surface area contributed by atoms with E-state index in [-0.39, 0.29) is 17.4 Å². The number of hydrogen-bond donors (Lipinski definition) is 0. The third kappa shape index (κ3) is 3.14. The van der Waals surface area contributed by atoms with Gasteiger partial charge in [0.15, 0.2) is 5.78 Å². The van der Waals surface area contributed by atoms with Gasteiger partial charge in [-0.1, -0.05) is 36.4 Å². The predicted molar refractivity (Wildman–Crippen MR) is 101 cm³/mol. The zero-order valence-corrected chi connectivity index (χ0v) is 15.7. The molecular formula is C20H18N2O4S. The van der Waals surface area contributed by atoms with Gasteiger partial charge < -0.3 is 4.18 Å². The summed E-state index contributed by atoms with van der Waals surface area (Å²) in [6.07, 6.45) is 0. The topological polar surface area (TPSA) is 78.3 Å². The fourth-order valence-corrected chi connectivity index (χ4v) is 4.66. The molecule has 0 bridgehead atoms. The number of aryl methyl sites for hydroxylation is 1. The van der Waals surface area contributed by atoms with Crippen LogP contribution in [0.4, 0.5) is 0 Å². The molecule has 1 aliphatic rings. The average Bonchev–Trinajstić information content (AvgIpc) is 2.97. The maximum atomic E-state index is 12.5. The quantitative estimate of drug-likeness (QED) is 0.513. The second kappa shape index (κ2) is 6.35. The Labute approximate surface area is 157 Å². The van der Waals surface area contributed by atoms with Crippen molar-refractivity contribution in [3.63, 3.8) is 0 Å². The number of rotatable bonds is 3. The number of fused-ring (bicyclic) bond motifs is 1. The van der Waals surface area contributed by atoms with Gasteiger partial charge in [-0.25, -0.2) is 0 Å². The summed E-state index contributed by atoms with van der Waals surface area (Å²) in [6, 6.07) is 16.3. The molecule has 2 aromatic carbocycles. The van der Waals surface area contributed by atoms with Crippen molar-refractivity contribution in [1.29, 1.82) is 0 Å². The molecule has 2 heterocycles. The summed E-state index contributed by atoms with van der Waals surface area (Å²) in [4.78, 5) is 11.7. The lowest BCUT2D eigenvalue weighted by atomic mass is 9.91. The minimum Gasteiger partial charge on any atom is -0.361 e. The van der Waals surface area contributed by atoms with Crippen molar-refractivity contribution in [2.75, 3.05) is 5.75 Å². The molecule has 6 nitrogen and oxygen atoms in total. The highest BCUT2D eigenvalue weighted by Gasteiger charge is 2.38. The van der Waals surface area contributed by atoms with Gasteiger partial charge in [-0.05, 0) is 37.6 Å². The van der Waals surface area contributed by atoms with E-state index in [9.17, 15) is 13.2 Å². The van der Waals surface area contributed by atoms with Crippen molar-refractivity contribution in [3.05, 3.63) is 77.0 Å². The van der Waals surface area contributed by atoms with E-state index >= 15 is 0 Å². The second-order valence-corrected chi connectivity index (χ2v) is 8.21. The Balaban J connectivity index is 1.92. The van der Waals surface area contributed by atoms with Crippen molar-refractivity contribution in [1.82, 2.24) is 9.78 Å². The number of nitrogens with zero attached hydrogens (tertiary/aromatic N) is 2. The molecule has 1 atom stereocenters. The number of para-hydroxylation sites is 1. The number of aromatic nitrogens is 2. The largest absolute Gasteiger partial charge is 0.361 e. The first kappa shape index (κ1) is 17.5. The maximum Gasteiger partial charge on any atom is 0.311 e. The molecule has 0 aliphatic carbocycles. The van der Waals surface area contributed by atoms with Crippen LogP contribution in [0.1, 0.15) is 40.0 Å². The van der Waals surface area contributed by atoms with Crippen LogP contribution >= 0.6 is 0 Å². The highest BCUT2D eigenvalue weighted by molar-refractivity contribution is 7.87. The lowest BCUT2D eigenvalue weighted by molar-refractivity contribution is 0.101. The van der Waals surface area contributed by atoms with Crippen molar-refractivity contribution < 1.29 is 17.4 Å². The molecule has 1 aliphatic heterocycles.